The number of halogens is 1. The van der Waals surface area contributed by atoms with Crippen LogP contribution in [0.3, 0.4) is 0 Å². The second-order valence-corrected chi connectivity index (χ2v) is 9.34. The van der Waals surface area contributed by atoms with Crippen LogP contribution in [-0.4, -0.2) is 82.0 Å². The Hall–Kier alpha value is -2.11. The van der Waals surface area contributed by atoms with Crippen molar-refractivity contribution in [3.05, 3.63) is 33.2 Å². The Morgan fingerprint density at radius 3 is 2.86 bits per heavy atom. The van der Waals surface area contributed by atoms with E-state index in [0.29, 0.717) is 4.91 Å². The van der Waals surface area contributed by atoms with E-state index in [1.54, 1.807) is 0 Å². The van der Waals surface area contributed by atoms with E-state index >= 15 is 0 Å². The number of alkyl halides is 1. The smallest absolute Gasteiger partial charge is 0.857 e. The standard InChI is InChI=1S/C18H18FN5O7S3.Na/c1-30-10(25)2-5-32-9-7-33-16-12(15(27)24(16)13(9)17(28)29)22-14(26)11(23-31-4-3-19)8-6-34-18(20)21-8;/h2,5-6,12,16H,3-4,7H2,1H3,(H2,20,21)(H,22,26)(H,28,29);/q;+1/p-1/b5-2-,23-11+;/t12-,16-;/m1./s1. The maximum absolute atomic E-state index is 12.8. The molecule has 0 unspecified atom stereocenters. The summed E-state index contributed by atoms with van der Waals surface area (Å²) in [5.41, 5.74) is 5.04. The number of hydrogen-bond donors (Lipinski definition) is 2. The van der Waals surface area contributed by atoms with Crippen LogP contribution >= 0.6 is 34.9 Å². The molecule has 17 heteroatoms. The number of thioether (sulfide) groups is 2. The monoisotopic (exact) mass is 553 g/mol. The van der Waals surface area contributed by atoms with Crippen LogP contribution in [0.4, 0.5) is 9.52 Å². The molecule has 0 aromatic carbocycles. The summed E-state index contributed by atoms with van der Waals surface area (Å²) in [7, 11) is 1.21. The molecule has 3 rings (SSSR count). The molecule has 2 aliphatic rings. The Morgan fingerprint density at radius 1 is 1.51 bits per heavy atom. The number of esters is 1. The number of fused-ring (bicyclic) bond motifs is 1. The van der Waals surface area contributed by atoms with Crippen molar-refractivity contribution in [2.75, 3.05) is 31.9 Å². The zero-order valence-electron chi connectivity index (χ0n) is 18.4. The molecule has 12 nitrogen and oxygen atoms in total. The molecule has 1 aromatic heterocycles. The molecule has 3 N–H and O–H groups in total. The molecule has 1 aromatic rings. The van der Waals surface area contributed by atoms with E-state index in [1.165, 1.54) is 29.7 Å². The summed E-state index contributed by atoms with van der Waals surface area (Å²) in [5.74, 6) is -3.38. The Labute approximate surface area is 232 Å². The first-order valence-electron chi connectivity index (χ1n) is 9.33. The van der Waals surface area contributed by atoms with Gasteiger partial charge in [-0.15, -0.1) is 23.1 Å². The summed E-state index contributed by atoms with van der Waals surface area (Å²) in [6.45, 7) is -1.24. The first-order valence-corrected chi connectivity index (χ1v) is 12.1. The van der Waals surface area contributed by atoms with E-state index in [9.17, 15) is 29.0 Å². The third-order valence-electron chi connectivity index (χ3n) is 4.27. The van der Waals surface area contributed by atoms with Crippen LogP contribution in [0.15, 0.2) is 37.6 Å². The molecule has 2 aliphatic heterocycles. The molecule has 2 atom stereocenters. The summed E-state index contributed by atoms with van der Waals surface area (Å²) in [6, 6.07) is -1.16. The molecule has 0 radical (unpaired) electrons. The number of methoxy groups -OCH3 is 1. The van der Waals surface area contributed by atoms with Gasteiger partial charge in [-0.05, 0) is 5.41 Å². The van der Waals surface area contributed by atoms with Crippen molar-refractivity contribution in [3.8, 4) is 0 Å². The number of carbonyl (C=O) groups excluding carboxylic acids is 2. The topological polar surface area (TPSA) is 180 Å². The molecule has 35 heavy (non-hydrogen) atoms. The number of thiazole rings is 1. The molecule has 1 saturated heterocycles. The largest absolute Gasteiger partial charge is 1.00 e. The van der Waals surface area contributed by atoms with E-state index in [2.05, 4.69) is 19.9 Å². The zero-order valence-corrected chi connectivity index (χ0v) is 22.8. The Balaban J connectivity index is 0.00000432. The van der Waals surface area contributed by atoms with Gasteiger partial charge in [0.25, 0.3) is 5.91 Å². The number of rotatable bonds is 10. The number of aliphatic carboxylic acids is 1. The van der Waals surface area contributed by atoms with Crippen molar-refractivity contribution in [1.29, 1.82) is 0 Å². The fraction of sp³-hybridized carbons (Fsp3) is 0.333. The van der Waals surface area contributed by atoms with E-state index in [0.717, 1.165) is 34.1 Å². The molecular weight excluding hydrogens is 536 g/mol. The molecule has 3 heterocycles. The number of β-lactam (4-membered cyclic amide) rings is 1. The van der Waals surface area contributed by atoms with Crippen molar-refractivity contribution in [2.45, 2.75) is 11.4 Å². The van der Waals surface area contributed by atoms with Crippen LogP contribution in [-0.2, 0) is 24.0 Å². The number of ether oxygens (including phenoxy) is 1. The number of carboxylic acids is 1. The molecule has 1 amide bonds. The summed E-state index contributed by atoms with van der Waals surface area (Å²) in [5, 5.41) is 28.2. The molecule has 0 bridgehead atoms. The number of amides is 1. The van der Waals surface area contributed by atoms with Gasteiger partial charge in [0, 0.05) is 28.0 Å². The van der Waals surface area contributed by atoms with Crippen molar-refractivity contribution in [3.63, 3.8) is 0 Å². The number of nitrogen functional groups attached to an aromatic ring is 1. The van der Waals surface area contributed by atoms with Crippen LogP contribution in [0.5, 0.6) is 0 Å². The fourth-order valence-corrected chi connectivity index (χ4v) is 5.65. The van der Waals surface area contributed by atoms with E-state index < -0.39 is 48.4 Å². The fourth-order valence-electron chi connectivity index (χ4n) is 2.81. The van der Waals surface area contributed by atoms with Crippen LogP contribution < -0.4 is 40.4 Å². The van der Waals surface area contributed by atoms with Crippen LogP contribution in [0.2, 0.25) is 0 Å². The minimum atomic E-state index is -1.34. The van der Waals surface area contributed by atoms with Crippen molar-refractivity contribution in [2.24, 2.45) is 10.1 Å². The number of carbonyl (C=O) groups is 3. The van der Waals surface area contributed by atoms with Gasteiger partial charge in [-0.1, -0.05) is 16.9 Å². The van der Waals surface area contributed by atoms with Gasteiger partial charge in [-0.25, -0.2) is 19.0 Å². The minimum Gasteiger partial charge on any atom is -0.857 e. The number of carboxylic acid groups (broad SMARTS) is 1. The normalized spacial score (nSPS) is 20.3. The van der Waals surface area contributed by atoms with Gasteiger partial charge >= 0.3 is 41.5 Å². The minimum absolute atomic E-state index is 0. The molecule has 1 fully saturated rings. The number of anilines is 1. The zero-order chi connectivity index (χ0) is 24.8. The SMILES string of the molecule is COC(=O)/C=C\SC1=C(C(=O)O)N2C(=O)[C@@H](N=C([O-])/C(=N/OCCF)c3csc(N)n3)[C@H]2SC1.[Na+]. The number of aromatic nitrogens is 1. The van der Waals surface area contributed by atoms with Gasteiger partial charge in [-0.3, -0.25) is 14.7 Å². The third kappa shape index (κ3) is 6.77. The second-order valence-electron chi connectivity index (χ2n) is 6.34. The molecule has 0 aliphatic carbocycles. The average Bonchev–Trinajstić information content (AvgIpc) is 3.25. The predicted octanol–water partition coefficient (Wildman–Crippen LogP) is -2.82. The van der Waals surface area contributed by atoms with Gasteiger partial charge in [0.1, 0.15) is 35.8 Å². The van der Waals surface area contributed by atoms with Gasteiger partial charge in [0.15, 0.2) is 11.2 Å². The van der Waals surface area contributed by atoms with Crippen molar-refractivity contribution >= 4 is 69.4 Å². The molecular formula is C18H17FN5NaO7S3. The third-order valence-corrected chi connectivity index (χ3v) is 7.29. The summed E-state index contributed by atoms with van der Waals surface area (Å²) in [4.78, 5) is 49.8. The molecule has 0 saturated carbocycles. The van der Waals surface area contributed by atoms with Gasteiger partial charge in [0.2, 0.25) is 0 Å². The number of hydrogen-bond acceptors (Lipinski definition) is 13. The Kier molecular flexibility index (Phi) is 11.0. The first kappa shape index (κ1) is 29.1. The van der Waals surface area contributed by atoms with E-state index in [1.807, 2.05) is 0 Å². The van der Waals surface area contributed by atoms with Crippen LogP contribution in [0.25, 0.3) is 0 Å². The van der Waals surface area contributed by atoms with Crippen molar-refractivity contribution < 1.29 is 68.1 Å². The van der Waals surface area contributed by atoms with Crippen molar-refractivity contribution in [1.82, 2.24) is 9.88 Å². The van der Waals surface area contributed by atoms with E-state index in [4.69, 9.17) is 10.6 Å². The summed E-state index contributed by atoms with van der Waals surface area (Å²) in [6.07, 6.45) is 1.12. The number of nitrogens with two attached hydrogens (primary N) is 1. The van der Waals surface area contributed by atoms with Crippen LogP contribution in [0, 0.1) is 0 Å². The summed E-state index contributed by atoms with van der Waals surface area (Å²) < 4.78 is 16.8. The van der Waals surface area contributed by atoms with Gasteiger partial charge < -0.3 is 25.5 Å². The Bertz CT molecular complexity index is 1110. The van der Waals surface area contributed by atoms with Gasteiger partial charge in [0.05, 0.1) is 7.11 Å². The van der Waals surface area contributed by atoms with E-state index in [-0.39, 0.29) is 57.5 Å². The van der Waals surface area contributed by atoms with Crippen LogP contribution in [0.1, 0.15) is 5.69 Å². The quantitative estimate of drug-likeness (QED) is 0.0446. The number of nitrogens with zero attached hydrogens (tertiary/aromatic N) is 4. The maximum atomic E-state index is 12.8. The molecule has 0 spiro atoms. The second kappa shape index (κ2) is 13.3. The average molecular weight is 554 g/mol. The summed E-state index contributed by atoms with van der Waals surface area (Å²) >= 11 is 3.21. The number of oxime groups is 1. The number of aliphatic imine (C=N–C) groups is 1. The first-order chi connectivity index (χ1) is 16.3. The molecule has 182 valence electrons. The maximum Gasteiger partial charge on any atom is 1.00 e. The Morgan fingerprint density at radius 2 is 2.26 bits per heavy atom. The van der Waals surface area contributed by atoms with Gasteiger partial charge in [-0.2, -0.15) is 0 Å². The predicted molar refractivity (Wildman–Crippen MR) is 123 cm³/mol.